The van der Waals surface area contributed by atoms with Gasteiger partial charge in [-0.2, -0.15) is 0 Å². The third kappa shape index (κ3) is 3.44. The van der Waals surface area contributed by atoms with Crippen LogP contribution in [0.5, 0.6) is 0 Å². The molecule has 0 aromatic carbocycles. The van der Waals surface area contributed by atoms with E-state index in [0.717, 1.165) is 4.47 Å². The van der Waals surface area contributed by atoms with Gasteiger partial charge >= 0.3 is 0 Å². The first kappa shape index (κ1) is 11.8. The van der Waals surface area contributed by atoms with Crippen molar-refractivity contribution in [2.75, 3.05) is 19.0 Å². The van der Waals surface area contributed by atoms with Gasteiger partial charge in [0.25, 0.3) is 0 Å². The molecule has 1 heterocycles. The maximum atomic E-state index is 5.98. The third-order valence-corrected chi connectivity index (χ3v) is 2.33. The summed E-state index contributed by atoms with van der Waals surface area (Å²) in [4.78, 5) is 4.15. The molecule has 14 heavy (non-hydrogen) atoms. The topological polar surface area (TPSA) is 34.1 Å². The minimum atomic E-state index is 0.186. The molecule has 0 aliphatic rings. The lowest BCUT2D eigenvalue weighted by molar-refractivity contribution is 0.190. The summed E-state index contributed by atoms with van der Waals surface area (Å²) < 4.78 is 5.86. The molecule has 1 rings (SSSR count). The van der Waals surface area contributed by atoms with Crippen molar-refractivity contribution in [2.24, 2.45) is 0 Å². The first-order chi connectivity index (χ1) is 6.63. The Morgan fingerprint density at radius 1 is 1.71 bits per heavy atom. The molecule has 1 aromatic rings. The van der Waals surface area contributed by atoms with E-state index in [1.807, 2.05) is 6.92 Å². The number of pyridine rings is 1. The van der Waals surface area contributed by atoms with Crippen LogP contribution in [0.2, 0.25) is 5.02 Å². The lowest BCUT2D eigenvalue weighted by Gasteiger charge is -2.14. The van der Waals surface area contributed by atoms with E-state index in [4.69, 9.17) is 16.3 Å². The molecule has 5 heteroatoms. The molecule has 0 aliphatic carbocycles. The molecule has 1 atom stereocenters. The molecule has 1 aromatic heterocycles. The normalized spacial score (nSPS) is 12.6. The molecular weight excluding hydrogens is 267 g/mol. The number of anilines is 1. The Hall–Kier alpha value is -0.320. The van der Waals surface area contributed by atoms with E-state index >= 15 is 0 Å². The van der Waals surface area contributed by atoms with Gasteiger partial charge < -0.3 is 10.1 Å². The highest BCUT2D eigenvalue weighted by atomic mass is 79.9. The molecule has 3 nitrogen and oxygen atoms in total. The summed E-state index contributed by atoms with van der Waals surface area (Å²) in [7, 11) is 1.66. The predicted molar refractivity (Wildman–Crippen MR) is 61.9 cm³/mol. The van der Waals surface area contributed by atoms with Crippen molar-refractivity contribution in [1.82, 2.24) is 4.98 Å². The molecular formula is C9H12BrClN2O. The molecule has 0 aliphatic heterocycles. The number of aromatic nitrogens is 1. The molecule has 0 saturated carbocycles. The monoisotopic (exact) mass is 278 g/mol. The molecule has 78 valence electrons. The highest BCUT2D eigenvalue weighted by Gasteiger charge is 2.06. The predicted octanol–water partition coefficient (Wildman–Crippen LogP) is 2.94. The number of rotatable bonds is 4. The summed E-state index contributed by atoms with van der Waals surface area (Å²) in [5, 5.41) is 3.75. The van der Waals surface area contributed by atoms with E-state index < -0.39 is 0 Å². The van der Waals surface area contributed by atoms with Gasteiger partial charge in [-0.25, -0.2) is 4.98 Å². The van der Waals surface area contributed by atoms with Crippen LogP contribution in [0.1, 0.15) is 6.92 Å². The van der Waals surface area contributed by atoms with Gasteiger partial charge in [0.2, 0.25) is 0 Å². The van der Waals surface area contributed by atoms with Crippen LogP contribution in [-0.2, 0) is 4.74 Å². The second-order valence-corrected chi connectivity index (χ2v) is 4.31. The van der Waals surface area contributed by atoms with Gasteiger partial charge in [-0.05, 0) is 28.9 Å². The molecule has 1 N–H and O–H groups in total. The SMILES string of the molecule is COCC(C)Nc1ncc(Br)cc1Cl. The van der Waals surface area contributed by atoms with Crippen LogP contribution in [0.3, 0.4) is 0 Å². The lowest BCUT2D eigenvalue weighted by atomic mass is 10.3. The minimum absolute atomic E-state index is 0.186. The van der Waals surface area contributed by atoms with E-state index in [0.29, 0.717) is 17.4 Å². The molecule has 0 saturated heterocycles. The van der Waals surface area contributed by atoms with E-state index in [-0.39, 0.29) is 6.04 Å². The number of nitrogens with one attached hydrogen (secondary N) is 1. The van der Waals surface area contributed by atoms with Crippen molar-refractivity contribution in [1.29, 1.82) is 0 Å². The van der Waals surface area contributed by atoms with Crippen LogP contribution < -0.4 is 5.32 Å². The summed E-state index contributed by atoms with van der Waals surface area (Å²) in [5.74, 6) is 0.680. The number of nitrogens with zero attached hydrogens (tertiary/aromatic N) is 1. The van der Waals surface area contributed by atoms with Crippen molar-refractivity contribution >= 4 is 33.3 Å². The Morgan fingerprint density at radius 2 is 2.43 bits per heavy atom. The van der Waals surface area contributed by atoms with Crippen molar-refractivity contribution < 1.29 is 4.74 Å². The summed E-state index contributed by atoms with van der Waals surface area (Å²) in [6.07, 6.45) is 1.70. The fourth-order valence-corrected chi connectivity index (χ4v) is 1.73. The maximum absolute atomic E-state index is 5.98. The zero-order chi connectivity index (χ0) is 10.6. The fourth-order valence-electron chi connectivity index (χ4n) is 1.05. The number of hydrogen-bond acceptors (Lipinski definition) is 3. The minimum Gasteiger partial charge on any atom is -0.383 e. The fraction of sp³-hybridized carbons (Fsp3) is 0.444. The highest BCUT2D eigenvalue weighted by molar-refractivity contribution is 9.10. The van der Waals surface area contributed by atoms with Crippen LogP contribution >= 0.6 is 27.5 Å². The van der Waals surface area contributed by atoms with Crippen LogP contribution in [0.15, 0.2) is 16.7 Å². The first-order valence-electron chi connectivity index (χ1n) is 4.20. The second-order valence-electron chi connectivity index (χ2n) is 2.98. The van der Waals surface area contributed by atoms with Gasteiger partial charge in [-0.1, -0.05) is 11.6 Å². The van der Waals surface area contributed by atoms with E-state index in [2.05, 4.69) is 26.2 Å². The zero-order valence-electron chi connectivity index (χ0n) is 8.05. The van der Waals surface area contributed by atoms with E-state index in [1.165, 1.54) is 0 Å². The molecule has 0 spiro atoms. The van der Waals surface area contributed by atoms with Crippen molar-refractivity contribution in [3.05, 3.63) is 21.8 Å². The Labute approximate surface area is 96.9 Å². The summed E-state index contributed by atoms with van der Waals surface area (Å²) >= 11 is 9.27. The molecule has 0 amide bonds. The van der Waals surface area contributed by atoms with Crippen LogP contribution in [0.25, 0.3) is 0 Å². The quantitative estimate of drug-likeness (QED) is 0.920. The average Bonchev–Trinajstić information content (AvgIpc) is 2.10. The zero-order valence-corrected chi connectivity index (χ0v) is 10.4. The van der Waals surface area contributed by atoms with Crippen molar-refractivity contribution in [2.45, 2.75) is 13.0 Å². The number of hydrogen-bond donors (Lipinski definition) is 1. The van der Waals surface area contributed by atoms with Crippen LogP contribution in [0.4, 0.5) is 5.82 Å². The Morgan fingerprint density at radius 3 is 3.00 bits per heavy atom. The number of methoxy groups -OCH3 is 1. The lowest BCUT2D eigenvalue weighted by Crippen LogP contribution is -2.21. The van der Waals surface area contributed by atoms with E-state index in [1.54, 1.807) is 19.4 Å². The molecule has 0 fully saturated rings. The van der Waals surface area contributed by atoms with Gasteiger partial charge in [-0.15, -0.1) is 0 Å². The Balaban J connectivity index is 2.67. The van der Waals surface area contributed by atoms with Crippen molar-refractivity contribution in [3.63, 3.8) is 0 Å². The average molecular weight is 280 g/mol. The van der Waals surface area contributed by atoms with Crippen molar-refractivity contribution in [3.8, 4) is 0 Å². The summed E-state index contributed by atoms with van der Waals surface area (Å²) in [6, 6.07) is 1.99. The van der Waals surface area contributed by atoms with Gasteiger partial charge in [-0.3, -0.25) is 0 Å². The van der Waals surface area contributed by atoms with Crippen LogP contribution in [0, 0.1) is 0 Å². The molecule has 1 unspecified atom stereocenters. The largest absolute Gasteiger partial charge is 0.383 e. The first-order valence-corrected chi connectivity index (χ1v) is 5.37. The summed E-state index contributed by atoms with van der Waals surface area (Å²) in [6.45, 7) is 2.62. The Kier molecular flexibility index (Phi) is 4.65. The number of halogens is 2. The van der Waals surface area contributed by atoms with E-state index in [9.17, 15) is 0 Å². The summed E-state index contributed by atoms with van der Waals surface area (Å²) in [5.41, 5.74) is 0. The van der Waals surface area contributed by atoms with Gasteiger partial charge in [0, 0.05) is 23.8 Å². The van der Waals surface area contributed by atoms with Gasteiger partial charge in [0.15, 0.2) is 0 Å². The smallest absolute Gasteiger partial charge is 0.145 e. The highest BCUT2D eigenvalue weighted by Crippen LogP contribution is 2.23. The van der Waals surface area contributed by atoms with Gasteiger partial charge in [0.1, 0.15) is 5.82 Å². The standard InChI is InChI=1S/C9H12BrClN2O/c1-6(5-14-2)13-9-8(11)3-7(10)4-12-9/h3-4,6H,5H2,1-2H3,(H,12,13). The molecule has 0 radical (unpaired) electrons. The third-order valence-electron chi connectivity index (χ3n) is 1.61. The van der Waals surface area contributed by atoms with Crippen LogP contribution in [-0.4, -0.2) is 24.7 Å². The Bertz CT molecular complexity index is 309. The second kappa shape index (κ2) is 5.53. The number of ether oxygens (including phenoxy) is 1. The maximum Gasteiger partial charge on any atom is 0.145 e. The van der Waals surface area contributed by atoms with Gasteiger partial charge in [0.05, 0.1) is 11.6 Å². The molecule has 0 bridgehead atoms.